The average molecular weight is 279 g/mol. The summed E-state index contributed by atoms with van der Waals surface area (Å²) in [7, 11) is 0. The van der Waals surface area contributed by atoms with Crippen LogP contribution in [0.5, 0.6) is 0 Å². The van der Waals surface area contributed by atoms with Crippen molar-refractivity contribution in [1.29, 1.82) is 5.26 Å². The van der Waals surface area contributed by atoms with E-state index in [0.717, 1.165) is 43.6 Å². The Morgan fingerprint density at radius 3 is 2.55 bits per heavy atom. The van der Waals surface area contributed by atoms with Crippen LogP contribution in [0.15, 0.2) is 0 Å². The van der Waals surface area contributed by atoms with Crippen molar-refractivity contribution in [3.63, 3.8) is 0 Å². The van der Waals surface area contributed by atoms with Crippen LogP contribution in [0.4, 0.5) is 0 Å². The molecule has 1 rings (SSSR count). The van der Waals surface area contributed by atoms with Gasteiger partial charge in [0, 0.05) is 6.61 Å². The lowest BCUT2D eigenvalue weighted by Crippen LogP contribution is -2.34. The summed E-state index contributed by atoms with van der Waals surface area (Å²) in [5.74, 6) is 2.28. The number of nitrogens with zero attached hydrogens (tertiary/aromatic N) is 1. The molecule has 20 heavy (non-hydrogen) atoms. The number of nitriles is 1. The molecule has 0 amide bonds. The minimum absolute atomic E-state index is 0.181. The third kappa shape index (κ3) is 5.83. The van der Waals surface area contributed by atoms with E-state index >= 15 is 0 Å². The fourth-order valence-corrected chi connectivity index (χ4v) is 3.27. The average Bonchev–Trinajstić information content (AvgIpc) is 2.38. The molecule has 0 aromatic heterocycles. The van der Waals surface area contributed by atoms with Gasteiger partial charge >= 0.3 is 0 Å². The SMILES string of the molecule is CC1CCC(C(C)C)C(OCCCCC(C)(C)C#N)C1. The van der Waals surface area contributed by atoms with Crippen molar-refractivity contribution in [1.82, 2.24) is 0 Å². The van der Waals surface area contributed by atoms with Crippen LogP contribution in [-0.2, 0) is 4.74 Å². The zero-order valence-corrected chi connectivity index (χ0v) is 14.1. The van der Waals surface area contributed by atoms with Gasteiger partial charge in [-0.15, -0.1) is 0 Å². The van der Waals surface area contributed by atoms with E-state index in [4.69, 9.17) is 10.00 Å². The molecule has 0 spiro atoms. The summed E-state index contributed by atoms with van der Waals surface area (Å²) in [6.45, 7) is 11.9. The number of hydrogen-bond donors (Lipinski definition) is 0. The Morgan fingerprint density at radius 2 is 1.95 bits per heavy atom. The molecule has 0 aromatic carbocycles. The predicted molar refractivity (Wildman–Crippen MR) is 84.3 cm³/mol. The fourth-order valence-electron chi connectivity index (χ4n) is 3.27. The number of unbranched alkanes of at least 4 members (excludes halogenated alkanes) is 1. The summed E-state index contributed by atoms with van der Waals surface area (Å²) in [5, 5.41) is 9.00. The van der Waals surface area contributed by atoms with Crippen LogP contribution in [0.2, 0.25) is 0 Å². The molecule has 0 radical (unpaired) electrons. The Labute approximate surface area is 125 Å². The van der Waals surface area contributed by atoms with Gasteiger partial charge in [-0.3, -0.25) is 0 Å². The minimum Gasteiger partial charge on any atom is -0.378 e. The second kappa shape index (κ2) is 8.03. The van der Waals surface area contributed by atoms with Crippen LogP contribution in [0.1, 0.15) is 73.1 Å². The van der Waals surface area contributed by atoms with Crippen LogP contribution in [0.3, 0.4) is 0 Å². The number of hydrogen-bond acceptors (Lipinski definition) is 2. The molecule has 0 aliphatic heterocycles. The molecule has 0 bridgehead atoms. The molecule has 1 aliphatic rings. The van der Waals surface area contributed by atoms with Crippen molar-refractivity contribution in [3.05, 3.63) is 0 Å². The summed E-state index contributed by atoms with van der Waals surface area (Å²) in [6, 6.07) is 2.37. The van der Waals surface area contributed by atoms with Crippen molar-refractivity contribution in [2.24, 2.45) is 23.2 Å². The third-order valence-electron chi connectivity index (χ3n) is 4.79. The van der Waals surface area contributed by atoms with E-state index in [1.54, 1.807) is 0 Å². The van der Waals surface area contributed by atoms with E-state index < -0.39 is 0 Å². The van der Waals surface area contributed by atoms with Crippen molar-refractivity contribution in [3.8, 4) is 6.07 Å². The van der Waals surface area contributed by atoms with Crippen LogP contribution in [0.25, 0.3) is 0 Å². The van der Waals surface area contributed by atoms with Gasteiger partial charge in [0.2, 0.25) is 0 Å². The van der Waals surface area contributed by atoms with Crippen molar-refractivity contribution in [2.75, 3.05) is 6.61 Å². The molecule has 0 heterocycles. The molecule has 1 saturated carbocycles. The highest BCUT2D eigenvalue weighted by Crippen LogP contribution is 2.35. The number of rotatable bonds is 7. The van der Waals surface area contributed by atoms with Crippen molar-refractivity contribution >= 4 is 0 Å². The molecule has 2 nitrogen and oxygen atoms in total. The van der Waals surface area contributed by atoms with Gasteiger partial charge in [-0.1, -0.05) is 27.2 Å². The topological polar surface area (TPSA) is 33.0 Å². The predicted octanol–water partition coefficient (Wildman–Crippen LogP) is 5.18. The largest absolute Gasteiger partial charge is 0.378 e. The van der Waals surface area contributed by atoms with Crippen LogP contribution >= 0.6 is 0 Å². The molecule has 116 valence electrons. The lowest BCUT2D eigenvalue weighted by atomic mass is 9.75. The van der Waals surface area contributed by atoms with Gasteiger partial charge in [-0.25, -0.2) is 0 Å². The smallest absolute Gasteiger partial charge is 0.0683 e. The summed E-state index contributed by atoms with van der Waals surface area (Å²) < 4.78 is 6.19. The third-order valence-corrected chi connectivity index (χ3v) is 4.79. The van der Waals surface area contributed by atoms with Crippen molar-refractivity contribution < 1.29 is 4.74 Å². The Balaban J connectivity index is 2.27. The summed E-state index contributed by atoms with van der Waals surface area (Å²) >= 11 is 0. The zero-order chi connectivity index (χ0) is 15.2. The molecule has 1 fully saturated rings. The first-order valence-corrected chi connectivity index (χ1v) is 8.38. The molecular formula is C18H33NO. The normalized spacial score (nSPS) is 27.6. The fraction of sp³-hybridized carbons (Fsp3) is 0.944. The van der Waals surface area contributed by atoms with Crippen LogP contribution < -0.4 is 0 Å². The van der Waals surface area contributed by atoms with Gasteiger partial charge in [0.1, 0.15) is 0 Å². The monoisotopic (exact) mass is 279 g/mol. The van der Waals surface area contributed by atoms with E-state index in [0.29, 0.717) is 6.10 Å². The lowest BCUT2D eigenvalue weighted by Gasteiger charge is -2.37. The van der Waals surface area contributed by atoms with Gasteiger partial charge in [0.05, 0.1) is 17.6 Å². The first kappa shape index (κ1) is 17.5. The van der Waals surface area contributed by atoms with E-state index in [9.17, 15) is 0 Å². The molecule has 0 N–H and O–H groups in total. The second-order valence-corrected chi connectivity index (χ2v) is 7.69. The maximum Gasteiger partial charge on any atom is 0.0683 e. The van der Waals surface area contributed by atoms with E-state index in [1.165, 1.54) is 19.3 Å². The first-order chi connectivity index (χ1) is 9.35. The molecular weight excluding hydrogens is 246 g/mol. The second-order valence-electron chi connectivity index (χ2n) is 7.69. The Kier molecular flexibility index (Phi) is 7.03. The van der Waals surface area contributed by atoms with E-state index in [1.807, 2.05) is 13.8 Å². The number of ether oxygens (including phenoxy) is 1. The highest BCUT2D eigenvalue weighted by atomic mass is 16.5. The van der Waals surface area contributed by atoms with Crippen LogP contribution in [0, 0.1) is 34.5 Å². The van der Waals surface area contributed by atoms with Crippen LogP contribution in [-0.4, -0.2) is 12.7 Å². The van der Waals surface area contributed by atoms with Gasteiger partial charge < -0.3 is 4.74 Å². The van der Waals surface area contributed by atoms with Gasteiger partial charge in [0.15, 0.2) is 0 Å². The molecule has 0 aromatic rings. The quantitative estimate of drug-likeness (QED) is 0.601. The highest BCUT2D eigenvalue weighted by Gasteiger charge is 2.31. The summed E-state index contributed by atoms with van der Waals surface area (Å²) in [6.07, 6.45) is 7.52. The molecule has 1 aliphatic carbocycles. The van der Waals surface area contributed by atoms with Crippen molar-refractivity contribution in [2.45, 2.75) is 79.2 Å². The summed E-state index contributed by atoms with van der Waals surface area (Å²) in [5.41, 5.74) is -0.181. The molecule has 3 atom stereocenters. The first-order valence-electron chi connectivity index (χ1n) is 8.38. The Bertz CT molecular complexity index is 316. The molecule has 0 saturated heterocycles. The Morgan fingerprint density at radius 1 is 1.25 bits per heavy atom. The highest BCUT2D eigenvalue weighted by molar-refractivity contribution is 4.91. The maximum atomic E-state index is 9.00. The molecule has 3 unspecified atom stereocenters. The van der Waals surface area contributed by atoms with Gasteiger partial charge in [0.25, 0.3) is 0 Å². The minimum atomic E-state index is -0.181. The standard InChI is InChI=1S/C18H33NO/c1-14(2)16-9-8-15(3)12-17(16)20-11-7-6-10-18(4,5)13-19/h14-17H,6-12H2,1-5H3. The summed E-state index contributed by atoms with van der Waals surface area (Å²) in [4.78, 5) is 0. The Hall–Kier alpha value is -0.550. The van der Waals surface area contributed by atoms with E-state index in [-0.39, 0.29) is 5.41 Å². The van der Waals surface area contributed by atoms with E-state index in [2.05, 4.69) is 26.8 Å². The lowest BCUT2D eigenvalue weighted by molar-refractivity contribution is -0.0396. The zero-order valence-electron chi connectivity index (χ0n) is 14.1. The maximum absolute atomic E-state index is 9.00. The van der Waals surface area contributed by atoms with Gasteiger partial charge in [-0.05, 0) is 63.7 Å². The van der Waals surface area contributed by atoms with Gasteiger partial charge in [-0.2, -0.15) is 5.26 Å². The molecule has 2 heteroatoms.